The largest absolute Gasteiger partial charge is 0.485 e. The highest BCUT2D eigenvalue weighted by atomic mass is 32.1. The van der Waals surface area contributed by atoms with Crippen LogP contribution in [0.15, 0.2) is 41.1 Å². The van der Waals surface area contributed by atoms with Gasteiger partial charge in [0.25, 0.3) is 5.91 Å². The van der Waals surface area contributed by atoms with Crippen LogP contribution in [0.2, 0.25) is 0 Å². The molecule has 11 heteroatoms. The summed E-state index contributed by atoms with van der Waals surface area (Å²) in [6.07, 6.45) is 1.13. The van der Waals surface area contributed by atoms with Gasteiger partial charge in [-0.2, -0.15) is 0 Å². The molecule has 7 nitrogen and oxygen atoms in total. The van der Waals surface area contributed by atoms with Crippen LogP contribution in [0.5, 0.6) is 0 Å². The first-order valence-electron chi connectivity index (χ1n) is 9.92. The fraction of sp³-hybridized carbons (Fsp3) is 0.318. The molecule has 0 spiro atoms. The van der Waals surface area contributed by atoms with Gasteiger partial charge in [0, 0.05) is 12.6 Å². The van der Waals surface area contributed by atoms with E-state index in [0.717, 1.165) is 36.5 Å². The molecular weight excluding hydrogens is 459 g/mol. The number of carbonyl (C=O) groups is 1. The SMILES string of the molecule is CC1(C)OCC(CCO/C(S)=C(/C=N)NC(=O)c2ccc(F)c(-c3c(F)cccc3F)n2)O1. The zero-order valence-electron chi connectivity index (χ0n) is 17.8. The Labute approximate surface area is 193 Å². The molecule has 1 saturated heterocycles. The molecule has 1 aliphatic rings. The van der Waals surface area contributed by atoms with Gasteiger partial charge >= 0.3 is 0 Å². The molecule has 1 unspecified atom stereocenters. The highest BCUT2D eigenvalue weighted by molar-refractivity contribution is 7.84. The van der Waals surface area contributed by atoms with Crippen molar-refractivity contribution in [3.8, 4) is 11.3 Å². The number of amides is 1. The van der Waals surface area contributed by atoms with Crippen LogP contribution < -0.4 is 5.32 Å². The van der Waals surface area contributed by atoms with Crippen molar-refractivity contribution in [1.82, 2.24) is 10.3 Å². The van der Waals surface area contributed by atoms with E-state index in [4.69, 9.17) is 19.6 Å². The number of aromatic nitrogens is 1. The van der Waals surface area contributed by atoms with E-state index in [1.54, 1.807) is 13.8 Å². The highest BCUT2D eigenvalue weighted by Crippen LogP contribution is 2.27. The lowest BCUT2D eigenvalue weighted by Crippen LogP contribution is -2.26. The number of hydrogen-bond acceptors (Lipinski definition) is 7. The van der Waals surface area contributed by atoms with Crippen LogP contribution in [-0.2, 0) is 14.2 Å². The molecule has 1 aliphatic heterocycles. The molecule has 0 saturated carbocycles. The van der Waals surface area contributed by atoms with Crippen molar-refractivity contribution in [1.29, 1.82) is 5.41 Å². The number of carbonyl (C=O) groups excluding carboxylic acids is 1. The summed E-state index contributed by atoms with van der Waals surface area (Å²) in [5, 5.41) is 9.84. The molecule has 2 heterocycles. The molecule has 1 amide bonds. The number of allylic oxidation sites excluding steroid dienone is 1. The molecular formula is C22H22F3N3O4S. The maximum atomic E-state index is 14.2. The van der Waals surface area contributed by atoms with Gasteiger partial charge in [-0.15, -0.1) is 12.6 Å². The van der Waals surface area contributed by atoms with Gasteiger partial charge in [-0.1, -0.05) is 6.07 Å². The van der Waals surface area contributed by atoms with Gasteiger partial charge in [-0.25, -0.2) is 18.2 Å². The number of ether oxygens (including phenoxy) is 3. The van der Waals surface area contributed by atoms with Crippen LogP contribution >= 0.6 is 12.6 Å². The van der Waals surface area contributed by atoms with Crippen molar-refractivity contribution in [2.75, 3.05) is 13.2 Å². The Morgan fingerprint density at radius 2 is 1.97 bits per heavy atom. The molecule has 2 N–H and O–H groups in total. The predicted octanol–water partition coefficient (Wildman–Crippen LogP) is 4.20. The maximum Gasteiger partial charge on any atom is 0.274 e. The summed E-state index contributed by atoms with van der Waals surface area (Å²) in [6, 6.07) is 4.96. The Morgan fingerprint density at radius 3 is 2.58 bits per heavy atom. The minimum atomic E-state index is -1.02. The Hall–Kier alpha value is -2.89. The van der Waals surface area contributed by atoms with Crippen molar-refractivity contribution < 1.29 is 32.2 Å². The van der Waals surface area contributed by atoms with Crippen molar-refractivity contribution in [2.24, 2.45) is 0 Å². The molecule has 1 fully saturated rings. The van der Waals surface area contributed by atoms with E-state index < -0.39 is 40.4 Å². The van der Waals surface area contributed by atoms with Crippen LogP contribution in [0.4, 0.5) is 13.2 Å². The number of pyridine rings is 1. The van der Waals surface area contributed by atoms with Gasteiger partial charge in [0.1, 0.15) is 34.5 Å². The average molecular weight is 481 g/mol. The summed E-state index contributed by atoms with van der Waals surface area (Å²) in [7, 11) is 0. The second-order valence-electron chi connectivity index (χ2n) is 7.53. The number of benzene rings is 1. The minimum absolute atomic E-state index is 0.0426. The number of nitrogens with zero attached hydrogens (tertiary/aromatic N) is 1. The van der Waals surface area contributed by atoms with Crippen molar-refractivity contribution >= 4 is 24.8 Å². The topological polar surface area (TPSA) is 93.5 Å². The smallest absolute Gasteiger partial charge is 0.274 e. The quantitative estimate of drug-likeness (QED) is 0.299. The third-order valence-electron chi connectivity index (χ3n) is 4.65. The molecule has 2 aromatic rings. The molecule has 3 rings (SSSR count). The molecule has 176 valence electrons. The fourth-order valence-corrected chi connectivity index (χ4v) is 3.29. The van der Waals surface area contributed by atoms with Crippen LogP contribution in [0, 0.1) is 22.9 Å². The summed E-state index contributed by atoms with van der Waals surface area (Å²) in [5.74, 6) is -4.56. The lowest BCUT2D eigenvalue weighted by atomic mass is 10.1. The first kappa shape index (κ1) is 24.7. The molecule has 0 radical (unpaired) electrons. The number of thiol groups is 1. The Kier molecular flexibility index (Phi) is 7.77. The highest BCUT2D eigenvalue weighted by Gasteiger charge is 2.32. The third kappa shape index (κ3) is 6.12. The summed E-state index contributed by atoms with van der Waals surface area (Å²) in [5.41, 5.74) is -1.75. The third-order valence-corrected chi connectivity index (χ3v) is 5.02. The summed E-state index contributed by atoms with van der Waals surface area (Å²) >= 11 is 4.16. The molecule has 0 aliphatic carbocycles. The van der Waals surface area contributed by atoms with E-state index in [9.17, 15) is 18.0 Å². The van der Waals surface area contributed by atoms with Gasteiger partial charge in [0.2, 0.25) is 0 Å². The van der Waals surface area contributed by atoms with Crippen LogP contribution in [0.3, 0.4) is 0 Å². The zero-order valence-corrected chi connectivity index (χ0v) is 18.7. The molecule has 1 atom stereocenters. The van der Waals surface area contributed by atoms with Gasteiger partial charge in [0.05, 0.1) is 24.9 Å². The zero-order chi connectivity index (χ0) is 24.2. The number of rotatable bonds is 8. The van der Waals surface area contributed by atoms with Crippen LogP contribution in [0.25, 0.3) is 11.3 Å². The normalized spacial score (nSPS) is 17.9. The van der Waals surface area contributed by atoms with Gasteiger partial charge in [0.15, 0.2) is 10.9 Å². The lowest BCUT2D eigenvalue weighted by molar-refractivity contribution is -0.139. The standard InChI is InChI=1S/C22H22F3N3O4S/c1-22(2)31-11-12(32-22)8-9-30-21(33)17(10-26)28-20(29)16-7-6-15(25)19(27-16)18-13(23)4-3-5-14(18)24/h3-7,10,12,26,33H,8-9,11H2,1-2H3,(H,28,29)/b21-17+,26-10?. The van der Waals surface area contributed by atoms with Gasteiger partial charge in [-0.3, -0.25) is 4.79 Å². The predicted molar refractivity (Wildman–Crippen MR) is 117 cm³/mol. The van der Waals surface area contributed by atoms with Crippen molar-refractivity contribution in [2.45, 2.75) is 32.2 Å². The van der Waals surface area contributed by atoms with E-state index in [0.29, 0.717) is 13.0 Å². The molecule has 33 heavy (non-hydrogen) atoms. The molecule has 1 aromatic carbocycles. The summed E-state index contributed by atoms with van der Waals surface area (Å²) in [4.78, 5) is 16.4. The number of halogens is 3. The van der Waals surface area contributed by atoms with Crippen LogP contribution in [0.1, 0.15) is 30.8 Å². The number of nitrogens with one attached hydrogen (secondary N) is 2. The van der Waals surface area contributed by atoms with E-state index in [1.165, 1.54) is 0 Å². The maximum absolute atomic E-state index is 14.2. The lowest BCUT2D eigenvalue weighted by Gasteiger charge is -2.17. The molecule has 0 bridgehead atoms. The van der Waals surface area contributed by atoms with E-state index >= 15 is 0 Å². The van der Waals surface area contributed by atoms with Crippen molar-refractivity contribution in [3.05, 3.63) is 64.3 Å². The monoisotopic (exact) mass is 481 g/mol. The van der Waals surface area contributed by atoms with E-state index in [1.807, 2.05) is 0 Å². The Bertz CT molecular complexity index is 1070. The van der Waals surface area contributed by atoms with Crippen LogP contribution in [-0.4, -0.2) is 42.2 Å². The Morgan fingerprint density at radius 1 is 1.27 bits per heavy atom. The Balaban J connectivity index is 1.70. The number of hydrogen-bond donors (Lipinski definition) is 3. The van der Waals surface area contributed by atoms with Gasteiger partial charge < -0.3 is 24.9 Å². The first-order valence-corrected chi connectivity index (χ1v) is 10.4. The van der Waals surface area contributed by atoms with Gasteiger partial charge in [-0.05, 0) is 38.1 Å². The second-order valence-corrected chi connectivity index (χ2v) is 7.93. The minimum Gasteiger partial charge on any atom is -0.485 e. The second kappa shape index (κ2) is 10.4. The first-order chi connectivity index (χ1) is 15.6. The van der Waals surface area contributed by atoms with E-state index in [2.05, 4.69) is 22.9 Å². The van der Waals surface area contributed by atoms with E-state index in [-0.39, 0.29) is 29.2 Å². The van der Waals surface area contributed by atoms with Crippen molar-refractivity contribution in [3.63, 3.8) is 0 Å². The fourth-order valence-electron chi connectivity index (χ4n) is 3.08. The summed E-state index contributed by atoms with van der Waals surface area (Å²) in [6.45, 7) is 4.20. The average Bonchev–Trinajstić information content (AvgIpc) is 3.11. The molecule has 1 aromatic heterocycles. The summed E-state index contributed by atoms with van der Waals surface area (Å²) < 4.78 is 59.0.